The topological polar surface area (TPSA) is 99.2 Å². The first-order chi connectivity index (χ1) is 14.4. The van der Waals surface area contributed by atoms with Gasteiger partial charge in [-0.1, -0.05) is 13.8 Å². The molecule has 166 valence electrons. The largest absolute Gasteiger partial charge is 0.465 e. The summed E-state index contributed by atoms with van der Waals surface area (Å²) < 4.78 is 12.2. The number of aryl methyl sites for hydroxylation is 2. The average Bonchev–Trinajstić information content (AvgIpc) is 3.24. The van der Waals surface area contributed by atoms with Crippen molar-refractivity contribution in [2.24, 2.45) is 0 Å². The number of hydrogen-bond acceptors (Lipinski definition) is 6. The molecule has 0 atom stereocenters. The molecule has 31 heavy (non-hydrogen) atoms. The van der Waals surface area contributed by atoms with Gasteiger partial charge in [0.25, 0.3) is 5.91 Å². The van der Waals surface area contributed by atoms with Gasteiger partial charge in [-0.05, 0) is 52.7 Å². The van der Waals surface area contributed by atoms with Crippen molar-refractivity contribution in [3.63, 3.8) is 0 Å². The number of aromatic nitrogens is 3. The molecule has 3 aromatic rings. The van der Waals surface area contributed by atoms with Gasteiger partial charge in [-0.2, -0.15) is 5.10 Å². The number of nitrogens with zero attached hydrogens (tertiary/aromatic N) is 3. The van der Waals surface area contributed by atoms with E-state index < -0.39 is 5.97 Å². The molecule has 0 spiro atoms. The maximum atomic E-state index is 13.2. The number of pyridine rings is 1. The Labute approximate surface area is 182 Å². The zero-order valence-corrected chi connectivity index (χ0v) is 19.4. The molecule has 3 rings (SSSR count). The molecular formula is C23H30N4O4. The number of rotatable bonds is 5. The number of hydrogen-bond donors (Lipinski definition) is 1. The highest BCUT2D eigenvalue weighted by molar-refractivity contribution is 6.06. The van der Waals surface area contributed by atoms with Gasteiger partial charge in [-0.25, -0.2) is 14.5 Å². The van der Waals surface area contributed by atoms with Gasteiger partial charge in [0.2, 0.25) is 0 Å². The molecule has 0 bridgehead atoms. The molecule has 8 heteroatoms. The predicted molar refractivity (Wildman–Crippen MR) is 117 cm³/mol. The first-order valence-electron chi connectivity index (χ1n) is 10.3. The minimum Gasteiger partial charge on any atom is -0.465 e. The molecular weight excluding hydrogens is 396 g/mol. The van der Waals surface area contributed by atoms with Crippen LogP contribution in [0.4, 0.5) is 0 Å². The Morgan fingerprint density at radius 1 is 1.19 bits per heavy atom. The monoisotopic (exact) mass is 426 g/mol. The fraction of sp³-hybridized carbons (Fsp3) is 0.478. The third kappa shape index (κ3) is 4.33. The minimum absolute atomic E-state index is 0.143. The van der Waals surface area contributed by atoms with Crippen LogP contribution in [0.5, 0.6) is 0 Å². The van der Waals surface area contributed by atoms with E-state index in [0.29, 0.717) is 28.3 Å². The zero-order chi connectivity index (χ0) is 23.1. The third-order valence-corrected chi connectivity index (χ3v) is 5.10. The van der Waals surface area contributed by atoms with E-state index in [-0.39, 0.29) is 23.9 Å². The first kappa shape index (κ1) is 22.5. The molecule has 0 aliphatic carbocycles. The molecule has 0 radical (unpaired) electrons. The molecule has 1 N–H and O–H groups in total. The van der Waals surface area contributed by atoms with E-state index in [9.17, 15) is 9.59 Å². The van der Waals surface area contributed by atoms with Crippen LogP contribution >= 0.6 is 0 Å². The van der Waals surface area contributed by atoms with Crippen LogP contribution in [-0.4, -0.2) is 33.8 Å². The molecule has 0 saturated heterocycles. The van der Waals surface area contributed by atoms with Crippen molar-refractivity contribution < 1.29 is 18.7 Å². The number of carbonyl (C=O) groups is 2. The molecule has 8 nitrogen and oxygen atoms in total. The summed E-state index contributed by atoms with van der Waals surface area (Å²) in [7, 11) is 1.32. The molecule has 0 aliphatic heterocycles. The van der Waals surface area contributed by atoms with Gasteiger partial charge in [0.1, 0.15) is 17.1 Å². The molecule has 3 heterocycles. The van der Waals surface area contributed by atoms with E-state index in [2.05, 4.69) is 31.2 Å². The summed E-state index contributed by atoms with van der Waals surface area (Å²) in [5, 5.41) is 8.31. The lowest BCUT2D eigenvalue weighted by Gasteiger charge is -2.20. The lowest BCUT2D eigenvalue weighted by Crippen LogP contribution is -2.25. The highest BCUT2D eigenvalue weighted by Gasteiger charge is 2.25. The van der Waals surface area contributed by atoms with Crippen LogP contribution in [0.1, 0.15) is 84.2 Å². The molecule has 0 fully saturated rings. The third-order valence-electron chi connectivity index (χ3n) is 5.10. The highest BCUT2D eigenvalue weighted by Crippen LogP contribution is 2.29. The summed E-state index contributed by atoms with van der Waals surface area (Å²) in [6, 6.07) is 3.42. The number of amides is 1. The minimum atomic E-state index is -0.471. The Kier molecular flexibility index (Phi) is 5.93. The van der Waals surface area contributed by atoms with Crippen LogP contribution in [0.2, 0.25) is 0 Å². The second-order valence-electron chi connectivity index (χ2n) is 8.97. The maximum Gasteiger partial charge on any atom is 0.341 e. The van der Waals surface area contributed by atoms with E-state index in [1.165, 1.54) is 7.11 Å². The molecule has 0 saturated carbocycles. The Hall–Kier alpha value is -3.16. The van der Waals surface area contributed by atoms with E-state index in [1.54, 1.807) is 13.0 Å². The fourth-order valence-electron chi connectivity index (χ4n) is 3.46. The number of ether oxygens (including phenoxy) is 1. The van der Waals surface area contributed by atoms with Crippen LogP contribution in [0.25, 0.3) is 11.0 Å². The van der Waals surface area contributed by atoms with E-state index in [4.69, 9.17) is 14.1 Å². The standard InChI is InChI=1S/C23H30N4O4/c1-12(2)18-10-17(19-13(3)26-27(20(19)25-18)23(5,6)7)21(28)24-11-15-9-16(14(4)31-15)22(29)30-8/h9-10,12H,11H2,1-8H3,(H,24,28). The lowest BCUT2D eigenvalue weighted by molar-refractivity contribution is 0.0598. The molecule has 0 aromatic carbocycles. The number of fused-ring (bicyclic) bond motifs is 1. The normalized spacial score (nSPS) is 11.9. The van der Waals surface area contributed by atoms with Crippen LogP contribution in [0.3, 0.4) is 0 Å². The van der Waals surface area contributed by atoms with Crippen molar-refractivity contribution >= 4 is 22.9 Å². The molecule has 1 amide bonds. The quantitative estimate of drug-likeness (QED) is 0.613. The van der Waals surface area contributed by atoms with Crippen LogP contribution in [0.15, 0.2) is 16.5 Å². The van der Waals surface area contributed by atoms with Crippen LogP contribution in [-0.2, 0) is 16.8 Å². The maximum absolute atomic E-state index is 13.2. The average molecular weight is 427 g/mol. The summed E-state index contributed by atoms with van der Waals surface area (Å²) in [4.78, 5) is 29.8. The van der Waals surface area contributed by atoms with Gasteiger partial charge in [0.05, 0.1) is 35.8 Å². The second kappa shape index (κ2) is 8.17. The van der Waals surface area contributed by atoms with Gasteiger partial charge < -0.3 is 14.5 Å². The highest BCUT2D eigenvalue weighted by atomic mass is 16.5. The molecule has 0 aliphatic rings. The number of furan rings is 1. The Morgan fingerprint density at radius 2 is 1.87 bits per heavy atom. The SMILES string of the molecule is COC(=O)c1cc(CNC(=O)c2cc(C(C)C)nc3c2c(C)nn3C(C)(C)C)oc1C. The number of carbonyl (C=O) groups excluding carboxylic acids is 2. The van der Waals surface area contributed by atoms with Crippen LogP contribution < -0.4 is 5.32 Å². The first-order valence-corrected chi connectivity index (χ1v) is 10.3. The number of methoxy groups -OCH3 is 1. The second-order valence-corrected chi connectivity index (χ2v) is 8.97. The fourth-order valence-corrected chi connectivity index (χ4v) is 3.46. The van der Waals surface area contributed by atoms with E-state index >= 15 is 0 Å². The van der Waals surface area contributed by atoms with Gasteiger partial charge >= 0.3 is 5.97 Å². The Balaban J connectivity index is 1.99. The van der Waals surface area contributed by atoms with E-state index in [1.807, 2.05) is 31.5 Å². The Bertz CT molecular complexity index is 1150. The van der Waals surface area contributed by atoms with Crippen molar-refractivity contribution in [3.05, 3.63) is 46.2 Å². The lowest BCUT2D eigenvalue weighted by atomic mass is 10.0. The van der Waals surface area contributed by atoms with Crippen molar-refractivity contribution in [3.8, 4) is 0 Å². The zero-order valence-electron chi connectivity index (χ0n) is 19.4. The van der Waals surface area contributed by atoms with Crippen molar-refractivity contribution in [2.45, 2.75) is 66.5 Å². The summed E-state index contributed by atoms with van der Waals surface area (Å²) in [5.41, 5.74) is 2.87. The summed E-state index contributed by atoms with van der Waals surface area (Å²) in [5.74, 6) is 0.352. The van der Waals surface area contributed by atoms with Crippen molar-refractivity contribution in [1.82, 2.24) is 20.1 Å². The smallest absolute Gasteiger partial charge is 0.341 e. The van der Waals surface area contributed by atoms with Crippen molar-refractivity contribution in [1.29, 1.82) is 0 Å². The number of nitrogens with one attached hydrogen (secondary N) is 1. The summed E-state index contributed by atoms with van der Waals surface area (Å²) in [6.45, 7) is 14.0. The van der Waals surface area contributed by atoms with Gasteiger partial charge in [0.15, 0.2) is 5.65 Å². The summed E-state index contributed by atoms with van der Waals surface area (Å²) >= 11 is 0. The van der Waals surface area contributed by atoms with Gasteiger partial charge in [0, 0.05) is 5.69 Å². The Morgan fingerprint density at radius 3 is 2.45 bits per heavy atom. The molecule has 3 aromatic heterocycles. The van der Waals surface area contributed by atoms with Crippen LogP contribution in [0, 0.1) is 13.8 Å². The van der Waals surface area contributed by atoms with Crippen molar-refractivity contribution in [2.75, 3.05) is 7.11 Å². The number of esters is 1. The van der Waals surface area contributed by atoms with Gasteiger partial charge in [-0.15, -0.1) is 0 Å². The molecule has 0 unspecified atom stereocenters. The summed E-state index contributed by atoms with van der Waals surface area (Å²) in [6.07, 6.45) is 0. The van der Waals surface area contributed by atoms with E-state index in [0.717, 1.165) is 16.8 Å². The van der Waals surface area contributed by atoms with Gasteiger partial charge in [-0.3, -0.25) is 4.79 Å². The predicted octanol–water partition coefficient (Wildman–Crippen LogP) is 4.24.